The number of nitrogens with one attached hydrogen (secondary N) is 1. The molecule has 0 spiro atoms. The number of amides is 3. The van der Waals surface area contributed by atoms with Gasteiger partial charge in [0.2, 0.25) is 6.10 Å². The zero-order valence-corrected chi connectivity index (χ0v) is 14.6. The van der Waals surface area contributed by atoms with E-state index < -0.39 is 6.10 Å². The molecular formula is C18H19N5O4. The molecule has 0 radical (unpaired) electrons. The predicted octanol–water partition coefficient (Wildman–Crippen LogP) is 0.636. The first kappa shape index (κ1) is 16.0. The van der Waals surface area contributed by atoms with Crippen molar-refractivity contribution in [1.29, 1.82) is 0 Å². The number of benzene rings is 1. The molecule has 0 bridgehead atoms. The minimum Gasteiger partial charge on any atom is -0.485 e. The third kappa shape index (κ3) is 2.75. The summed E-state index contributed by atoms with van der Waals surface area (Å²) in [5, 5.41) is 7.13. The van der Waals surface area contributed by atoms with E-state index in [2.05, 4.69) is 10.4 Å². The number of aromatic nitrogens is 2. The number of ether oxygens (including phenoxy) is 2. The number of rotatable bonds is 3. The minimum atomic E-state index is -0.623. The molecule has 3 amide bonds. The van der Waals surface area contributed by atoms with Gasteiger partial charge in [0.05, 0.1) is 17.9 Å². The molecule has 3 aliphatic rings. The van der Waals surface area contributed by atoms with Gasteiger partial charge in [-0.05, 0) is 12.1 Å². The van der Waals surface area contributed by atoms with Crippen LogP contribution in [0.2, 0.25) is 0 Å². The lowest BCUT2D eigenvalue weighted by Crippen LogP contribution is -2.56. The maximum atomic E-state index is 12.7. The lowest BCUT2D eigenvalue weighted by atomic mass is 10.1. The molecule has 0 aliphatic carbocycles. The summed E-state index contributed by atoms with van der Waals surface area (Å²) >= 11 is 0. The number of fused-ring (bicyclic) bond motifs is 1. The number of nitrogens with zero attached hydrogens (tertiary/aromatic N) is 4. The third-order valence-corrected chi connectivity index (χ3v) is 5.09. The van der Waals surface area contributed by atoms with Crippen molar-refractivity contribution in [3.8, 4) is 11.5 Å². The lowest BCUT2D eigenvalue weighted by molar-refractivity contribution is -0.147. The second-order valence-corrected chi connectivity index (χ2v) is 6.82. The molecule has 3 aliphatic heterocycles. The smallest absolute Gasteiger partial charge is 0.322 e. The maximum absolute atomic E-state index is 12.7. The highest BCUT2D eigenvalue weighted by Gasteiger charge is 2.39. The van der Waals surface area contributed by atoms with Crippen LogP contribution in [0.15, 0.2) is 36.7 Å². The highest BCUT2D eigenvalue weighted by molar-refractivity contribution is 5.93. The number of likely N-dealkylation sites (tertiary alicyclic amines) is 1. The Kier molecular flexibility index (Phi) is 3.66. The average Bonchev–Trinajstić information content (AvgIpc) is 3.29. The van der Waals surface area contributed by atoms with Crippen molar-refractivity contribution in [2.75, 3.05) is 37.7 Å². The van der Waals surface area contributed by atoms with Crippen LogP contribution in [-0.4, -0.2) is 65.5 Å². The van der Waals surface area contributed by atoms with E-state index in [0.29, 0.717) is 37.7 Å². The molecule has 2 aromatic rings. The molecule has 9 heteroatoms. The van der Waals surface area contributed by atoms with Crippen LogP contribution in [0.5, 0.6) is 11.5 Å². The zero-order chi connectivity index (χ0) is 18.4. The summed E-state index contributed by atoms with van der Waals surface area (Å²) in [5.74, 6) is 1.19. The number of carbonyl (C=O) groups is 2. The van der Waals surface area contributed by atoms with Gasteiger partial charge in [-0.15, -0.1) is 0 Å². The van der Waals surface area contributed by atoms with Crippen LogP contribution < -0.4 is 19.7 Å². The Morgan fingerprint density at radius 2 is 2.04 bits per heavy atom. The average molecular weight is 369 g/mol. The van der Waals surface area contributed by atoms with Crippen LogP contribution in [-0.2, 0) is 4.79 Å². The fourth-order valence-electron chi connectivity index (χ4n) is 3.53. The molecule has 2 saturated heterocycles. The summed E-state index contributed by atoms with van der Waals surface area (Å²) in [6.45, 7) is 2.62. The maximum Gasteiger partial charge on any atom is 0.322 e. The van der Waals surface area contributed by atoms with Gasteiger partial charge in [0, 0.05) is 32.4 Å². The van der Waals surface area contributed by atoms with Crippen molar-refractivity contribution >= 4 is 17.6 Å². The topological polar surface area (TPSA) is 88.9 Å². The van der Waals surface area contributed by atoms with Crippen LogP contribution in [0.3, 0.4) is 0 Å². The molecular weight excluding hydrogens is 350 g/mol. The van der Waals surface area contributed by atoms with Crippen molar-refractivity contribution in [2.24, 2.45) is 0 Å². The molecule has 0 saturated carbocycles. The van der Waals surface area contributed by atoms with Crippen molar-refractivity contribution in [3.05, 3.63) is 36.7 Å². The third-order valence-electron chi connectivity index (χ3n) is 5.09. The van der Waals surface area contributed by atoms with Gasteiger partial charge >= 0.3 is 6.03 Å². The number of urea groups is 1. The minimum absolute atomic E-state index is 0.0768. The summed E-state index contributed by atoms with van der Waals surface area (Å²) < 4.78 is 13.2. The summed E-state index contributed by atoms with van der Waals surface area (Å²) in [4.78, 5) is 27.8. The second-order valence-electron chi connectivity index (χ2n) is 6.82. The molecule has 1 N–H and O–H groups in total. The molecule has 2 fully saturated rings. The summed E-state index contributed by atoms with van der Waals surface area (Å²) in [6.07, 6.45) is 2.92. The van der Waals surface area contributed by atoms with Crippen LogP contribution in [0, 0.1) is 0 Å². The first-order valence-corrected chi connectivity index (χ1v) is 8.96. The van der Waals surface area contributed by atoms with Gasteiger partial charge in [-0.3, -0.25) is 14.4 Å². The van der Waals surface area contributed by atoms with Crippen LogP contribution in [0.1, 0.15) is 6.04 Å². The van der Waals surface area contributed by atoms with Gasteiger partial charge < -0.3 is 19.7 Å². The Balaban J connectivity index is 1.19. The van der Waals surface area contributed by atoms with E-state index in [9.17, 15) is 9.59 Å². The lowest BCUT2D eigenvalue weighted by Gasteiger charge is -2.41. The number of hydrogen-bond acceptors (Lipinski definition) is 5. The fraction of sp³-hybridized carbons (Fsp3) is 0.389. The Bertz CT molecular complexity index is 891. The second kappa shape index (κ2) is 6.19. The monoisotopic (exact) mass is 369 g/mol. The Morgan fingerprint density at radius 1 is 1.22 bits per heavy atom. The molecule has 1 aromatic carbocycles. The molecule has 27 heavy (non-hydrogen) atoms. The quantitative estimate of drug-likeness (QED) is 0.858. The molecule has 5 rings (SSSR count). The number of hydrogen-bond donors (Lipinski definition) is 1. The number of anilines is 1. The van der Waals surface area contributed by atoms with Crippen molar-refractivity contribution < 1.29 is 19.1 Å². The number of para-hydroxylation sites is 2. The van der Waals surface area contributed by atoms with Crippen molar-refractivity contribution in [2.45, 2.75) is 12.1 Å². The standard InChI is InChI=1S/C18H19N5O4/c24-17(16-11-26-14-3-1-2-4-15(14)27-16)21-8-13(9-21)23-10-12(7-20-23)22-6-5-19-18(22)25/h1-4,7,10,13,16H,5-6,8-9,11H2,(H,19,25). The molecule has 4 heterocycles. The molecule has 1 aromatic heterocycles. The normalized spacial score (nSPS) is 21.8. The fourth-order valence-corrected chi connectivity index (χ4v) is 3.53. The first-order chi connectivity index (χ1) is 13.2. The van der Waals surface area contributed by atoms with Crippen molar-refractivity contribution in [1.82, 2.24) is 20.0 Å². The Hall–Kier alpha value is -3.23. The SMILES string of the molecule is O=C(C1COc2ccccc2O1)N1CC(n2cc(N3CCNC3=O)cn2)C1. The summed E-state index contributed by atoms with van der Waals surface area (Å²) in [7, 11) is 0. The zero-order valence-electron chi connectivity index (χ0n) is 14.6. The predicted molar refractivity (Wildman–Crippen MR) is 94.9 cm³/mol. The summed E-state index contributed by atoms with van der Waals surface area (Å²) in [5.41, 5.74) is 0.774. The van der Waals surface area contributed by atoms with Crippen LogP contribution in [0.25, 0.3) is 0 Å². The van der Waals surface area contributed by atoms with Gasteiger partial charge in [-0.1, -0.05) is 12.1 Å². The van der Waals surface area contributed by atoms with E-state index in [1.54, 1.807) is 22.1 Å². The molecule has 9 nitrogen and oxygen atoms in total. The van der Waals surface area contributed by atoms with Gasteiger partial charge in [-0.2, -0.15) is 5.10 Å². The highest BCUT2D eigenvalue weighted by atomic mass is 16.6. The Labute approximate surface area is 155 Å². The van der Waals surface area contributed by atoms with E-state index in [4.69, 9.17) is 9.47 Å². The summed E-state index contributed by atoms with van der Waals surface area (Å²) in [6, 6.07) is 7.35. The van der Waals surface area contributed by atoms with Gasteiger partial charge in [0.15, 0.2) is 11.5 Å². The van der Waals surface area contributed by atoms with Crippen LogP contribution in [0.4, 0.5) is 10.5 Å². The molecule has 140 valence electrons. The first-order valence-electron chi connectivity index (χ1n) is 8.96. The van der Waals surface area contributed by atoms with Gasteiger partial charge in [-0.25, -0.2) is 4.79 Å². The number of carbonyl (C=O) groups excluding carboxylic acids is 2. The molecule has 1 unspecified atom stereocenters. The van der Waals surface area contributed by atoms with Gasteiger partial charge in [0.1, 0.15) is 6.61 Å². The van der Waals surface area contributed by atoms with E-state index in [-0.39, 0.29) is 24.6 Å². The van der Waals surface area contributed by atoms with Crippen molar-refractivity contribution in [3.63, 3.8) is 0 Å². The van der Waals surface area contributed by atoms with E-state index in [0.717, 1.165) is 5.69 Å². The largest absolute Gasteiger partial charge is 0.485 e. The van der Waals surface area contributed by atoms with Gasteiger partial charge in [0.25, 0.3) is 5.91 Å². The molecule has 1 atom stereocenters. The van der Waals surface area contributed by atoms with E-state index in [1.807, 2.05) is 29.1 Å². The van der Waals surface area contributed by atoms with E-state index in [1.165, 1.54) is 0 Å². The van der Waals surface area contributed by atoms with Crippen LogP contribution >= 0.6 is 0 Å². The Morgan fingerprint density at radius 3 is 2.81 bits per heavy atom. The highest BCUT2D eigenvalue weighted by Crippen LogP contribution is 2.32. The van der Waals surface area contributed by atoms with E-state index >= 15 is 0 Å².